The Kier molecular flexibility index (Phi) is 5.65. The van der Waals surface area contributed by atoms with E-state index < -0.39 is 0 Å². The average Bonchev–Trinajstić information content (AvgIpc) is 2.91. The number of oxazole rings is 1. The molecule has 0 aliphatic rings. The Morgan fingerprint density at radius 3 is 2.52 bits per heavy atom. The van der Waals surface area contributed by atoms with Gasteiger partial charge in [-0.25, -0.2) is 9.37 Å². The summed E-state index contributed by atoms with van der Waals surface area (Å²) < 4.78 is 19.3. The van der Waals surface area contributed by atoms with Crippen molar-refractivity contribution in [2.75, 3.05) is 0 Å². The lowest BCUT2D eigenvalue weighted by molar-refractivity contribution is -0.123. The van der Waals surface area contributed by atoms with Gasteiger partial charge in [-0.2, -0.15) is 0 Å². The number of rotatable bonds is 6. The van der Waals surface area contributed by atoms with Crippen molar-refractivity contribution < 1.29 is 13.6 Å². The summed E-state index contributed by atoms with van der Waals surface area (Å²) in [5.74, 6) is 0.412. The summed E-state index contributed by atoms with van der Waals surface area (Å²) in [7, 11) is 0. The minimum atomic E-state index is -0.355. The lowest BCUT2D eigenvalue weighted by Crippen LogP contribution is -2.45. The molecule has 136 valence electrons. The highest BCUT2D eigenvalue weighted by Gasteiger charge is 2.26. The number of hydrogen-bond donors (Lipinski definition) is 1. The van der Waals surface area contributed by atoms with Crippen LogP contribution in [0.25, 0.3) is 11.3 Å². The summed E-state index contributed by atoms with van der Waals surface area (Å²) in [6, 6.07) is 6.38. The first-order valence-corrected chi connectivity index (χ1v) is 8.56. The molecule has 5 heteroatoms. The van der Waals surface area contributed by atoms with Crippen LogP contribution in [0.2, 0.25) is 0 Å². The molecule has 0 unspecified atom stereocenters. The highest BCUT2D eigenvalue weighted by atomic mass is 19.1. The second-order valence-electron chi connectivity index (χ2n) is 8.27. The normalized spacial score (nSPS) is 12.2. The van der Waals surface area contributed by atoms with Crippen molar-refractivity contribution in [2.24, 2.45) is 5.41 Å². The summed E-state index contributed by atoms with van der Waals surface area (Å²) in [6.07, 6.45) is 3.04. The summed E-state index contributed by atoms with van der Waals surface area (Å²) in [5, 5.41) is 3.06. The fourth-order valence-corrected chi connectivity index (χ4v) is 3.24. The van der Waals surface area contributed by atoms with Crippen LogP contribution >= 0.6 is 0 Å². The Hall–Kier alpha value is -2.17. The topological polar surface area (TPSA) is 55.1 Å². The molecule has 1 N–H and O–H groups in total. The van der Waals surface area contributed by atoms with E-state index in [1.807, 2.05) is 13.8 Å². The number of aromatic nitrogens is 1. The Morgan fingerprint density at radius 1 is 1.20 bits per heavy atom. The number of amides is 1. The summed E-state index contributed by atoms with van der Waals surface area (Å²) in [6.45, 7) is 10.5. The van der Waals surface area contributed by atoms with Gasteiger partial charge in [-0.1, -0.05) is 32.9 Å². The first kappa shape index (κ1) is 19.2. The molecule has 0 spiro atoms. The lowest BCUT2D eigenvalue weighted by atomic mass is 9.82. The van der Waals surface area contributed by atoms with Crippen LogP contribution in [0.15, 0.2) is 34.9 Å². The Balaban J connectivity index is 1.92. The van der Waals surface area contributed by atoms with Gasteiger partial charge in [0.15, 0.2) is 11.7 Å². The van der Waals surface area contributed by atoms with E-state index in [2.05, 4.69) is 31.1 Å². The molecule has 2 aromatic rings. The maximum atomic E-state index is 13.8. The van der Waals surface area contributed by atoms with Gasteiger partial charge in [0, 0.05) is 18.4 Å². The number of carbonyl (C=O) groups excluding carboxylic acids is 1. The molecule has 0 saturated carbocycles. The van der Waals surface area contributed by atoms with Crippen LogP contribution in [0.5, 0.6) is 0 Å². The monoisotopic (exact) mass is 346 g/mol. The standard InChI is InChI=1S/C20H27FN2O2/c1-19(2,3)13-20(4,5)23-17(24)10-11-18-22-12-16(25-18)14-8-6-7-9-15(14)21/h6-9,12H,10-11,13H2,1-5H3,(H,23,24). The minimum Gasteiger partial charge on any atom is -0.441 e. The third-order valence-electron chi connectivity index (χ3n) is 3.71. The van der Waals surface area contributed by atoms with Gasteiger partial charge in [0.25, 0.3) is 0 Å². The summed E-state index contributed by atoms with van der Waals surface area (Å²) in [4.78, 5) is 16.4. The zero-order valence-electron chi connectivity index (χ0n) is 15.6. The van der Waals surface area contributed by atoms with Crippen molar-refractivity contribution in [2.45, 2.75) is 59.4 Å². The maximum Gasteiger partial charge on any atom is 0.220 e. The molecule has 0 aliphatic heterocycles. The van der Waals surface area contributed by atoms with Gasteiger partial charge >= 0.3 is 0 Å². The first-order chi connectivity index (χ1) is 11.6. The fraction of sp³-hybridized carbons (Fsp3) is 0.500. The van der Waals surface area contributed by atoms with E-state index in [1.54, 1.807) is 18.2 Å². The van der Waals surface area contributed by atoms with E-state index in [-0.39, 0.29) is 29.1 Å². The number of halogens is 1. The zero-order valence-corrected chi connectivity index (χ0v) is 15.6. The van der Waals surface area contributed by atoms with Crippen LogP contribution in [0.1, 0.15) is 53.4 Å². The van der Waals surface area contributed by atoms with E-state index in [1.165, 1.54) is 12.3 Å². The van der Waals surface area contributed by atoms with Gasteiger partial charge < -0.3 is 9.73 Å². The maximum absolute atomic E-state index is 13.8. The predicted octanol–water partition coefficient (Wildman–Crippen LogP) is 4.74. The summed E-state index contributed by atoms with van der Waals surface area (Å²) >= 11 is 0. The average molecular weight is 346 g/mol. The van der Waals surface area contributed by atoms with E-state index in [9.17, 15) is 9.18 Å². The second-order valence-corrected chi connectivity index (χ2v) is 8.27. The second kappa shape index (κ2) is 7.38. The molecule has 1 aromatic carbocycles. The molecule has 1 amide bonds. The van der Waals surface area contributed by atoms with Crippen LogP contribution in [-0.4, -0.2) is 16.4 Å². The molecule has 2 rings (SSSR count). The molecule has 0 radical (unpaired) electrons. The number of benzene rings is 1. The van der Waals surface area contributed by atoms with Crippen molar-refractivity contribution in [1.82, 2.24) is 10.3 Å². The highest BCUT2D eigenvalue weighted by molar-refractivity contribution is 5.76. The SMILES string of the molecule is CC(C)(C)CC(C)(C)NC(=O)CCc1ncc(-c2ccccc2F)o1. The minimum absolute atomic E-state index is 0.0418. The number of nitrogens with zero attached hydrogens (tertiary/aromatic N) is 1. The molecule has 4 nitrogen and oxygen atoms in total. The summed E-state index contributed by atoms with van der Waals surface area (Å²) in [5.41, 5.74) is 0.232. The molecule has 1 aromatic heterocycles. The third kappa shape index (κ3) is 6.00. The van der Waals surface area contributed by atoms with Crippen LogP contribution in [0.3, 0.4) is 0 Å². The van der Waals surface area contributed by atoms with Gasteiger partial charge in [0.05, 0.1) is 11.8 Å². The molecule has 0 atom stereocenters. The van der Waals surface area contributed by atoms with Crippen molar-refractivity contribution in [1.29, 1.82) is 0 Å². The van der Waals surface area contributed by atoms with Gasteiger partial charge in [0.1, 0.15) is 5.82 Å². The molecule has 0 aliphatic carbocycles. The van der Waals surface area contributed by atoms with Gasteiger partial charge in [-0.05, 0) is 37.8 Å². The van der Waals surface area contributed by atoms with Gasteiger partial charge in [-0.3, -0.25) is 4.79 Å². The molecule has 0 saturated heterocycles. The van der Waals surface area contributed by atoms with Crippen molar-refractivity contribution >= 4 is 5.91 Å². The molecule has 0 fully saturated rings. The first-order valence-electron chi connectivity index (χ1n) is 8.56. The third-order valence-corrected chi connectivity index (χ3v) is 3.71. The van der Waals surface area contributed by atoms with E-state index in [0.29, 0.717) is 23.6 Å². The van der Waals surface area contributed by atoms with Gasteiger partial charge in [0.2, 0.25) is 5.91 Å². The number of aryl methyl sites for hydroxylation is 1. The molecular weight excluding hydrogens is 319 g/mol. The number of carbonyl (C=O) groups is 1. The predicted molar refractivity (Wildman–Crippen MR) is 96.5 cm³/mol. The number of nitrogens with one attached hydrogen (secondary N) is 1. The Morgan fingerprint density at radius 2 is 1.88 bits per heavy atom. The van der Waals surface area contributed by atoms with E-state index in [0.717, 1.165) is 6.42 Å². The Labute approximate surface area is 148 Å². The van der Waals surface area contributed by atoms with Gasteiger partial charge in [-0.15, -0.1) is 0 Å². The smallest absolute Gasteiger partial charge is 0.220 e. The van der Waals surface area contributed by atoms with Crippen LogP contribution < -0.4 is 5.32 Å². The highest BCUT2D eigenvalue weighted by Crippen LogP contribution is 2.27. The van der Waals surface area contributed by atoms with E-state index >= 15 is 0 Å². The molecule has 25 heavy (non-hydrogen) atoms. The fourth-order valence-electron chi connectivity index (χ4n) is 3.24. The quantitative estimate of drug-likeness (QED) is 0.821. The largest absolute Gasteiger partial charge is 0.441 e. The van der Waals surface area contributed by atoms with Crippen molar-refractivity contribution in [3.8, 4) is 11.3 Å². The van der Waals surface area contributed by atoms with Crippen LogP contribution in [0, 0.1) is 11.2 Å². The molecule has 0 bridgehead atoms. The van der Waals surface area contributed by atoms with Crippen molar-refractivity contribution in [3.63, 3.8) is 0 Å². The zero-order chi connectivity index (χ0) is 18.7. The number of hydrogen-bond acceptors (Lipinski definition) is 3. The molecule has 1 heterocycles. The van der Waals surface area contributed by atoms with Crippen LogP contribution in [0.4, 0.5) is 4.39 Å². The van der Waals surface area contributed by atoms with Crippen LogP contribution in [-0.2, 0) is 11.2 Å². The lowest BCUT2D eigenvalue weighted by Gasteiger charge is -2.33. The van der Waals surface area contributed by atoms with E-state index in [4.69, 9.17) is 4.42 Å². The Bertz CT molecular complexity index is 729. The van der Waals surface area contributed by atoms with Crippen molar-refractivity contribution in [3.05, 3.63) is 42.2 Å². The molecular formula is C20H27FN2O2.